The molecule has 0 amide bonds. The van der Waals surface area contributed by atoms with Crippen molar-refractivity contribution in [3.8, 4) is 0 Å². The van der Waals surface area contributed by atoms with E-state index in [0.29, 0.717) is 10.4 Å². The molecular formula is C8H10Cl2. The molecule has 1 aliphatic carbocycles. The molecule has 1 rings (SSSR count). The van der Waals surface area contributed by atoms with Gasteiger partial charge in [-0.3, -0.25) is 0 Å². The first-order valence-corrected chi connectivity index (χ1v) is 4.24. The molecule has 0 saturated carbocycles. The largest absolute Gasteiger partial charge is 0.103 e. The van der Waals surface area contributed by atoms with E-state index in [1.807, 2.05) is 6.08 Å². The van der Waals surface area contributed by atoms with Crippen LogP contribution in [0.5, 0.6) is 0 Å². The molecule has 1 aliphatic rings. The Kier molecular flexibility index (Phi) is 3.30. The Morgan fingerprint density at radius 1 is 1.50 bits per heavy atom. The number of rotatable bonds is 1. The second kappa shape index (κ2) is 4.05. The van der Waals surface area contributed by atoms with Gasteiger partial charge in [0.25, 0.3) is 0 Å². The maximum Gasteiger partial charge on any atom is 0.103 e. The Bertz CT molecular complexity index is 155. The lowest BCUT2D eigenvalue weighted by Gasteiger charge is -2.10. The van der Waals surface area contributed by atoms with Gasteiger partial charge in [0.1, 0.15) is 4.49 Å². The van der Waals surface area contributed by atoms with E-state index in [1.54, 1.807) is 0 Å². The molecule has 0 fully saturated rings. The molecule has 0 saturated heterocycles. The van der Waals surface area contributed by atoms with Crippen LogP contribution in [0.15, 0.2) is 22.7 Å². The summed E-state index contributed by atoms with van der Waals surface area (Å²) in [5.74, 6) is 0.471. The van der Waals surface area contributed by atoms with Crippen molar-refractivity contribution >= 4 is 23.2 Å². The van der Waals surface area contributed by atoms with Crippen LogP contribution in [0.25, 0.3) is 0 Å². The lowest BCUT2D eigenvalue weighted by atomic mass is 9.96. The third-order valence-electron chi connectivity index (χ3n) is 1.63. The number of hydrogen-bond donors (Lipinski definition) is 0. The van der Waals surface area contributed by atoms with Gasteiger partial charge in [-0.2, -0.15) is 0 Å². The second-order valence-corrected chi connectivity index (χ2v) is 3.49. The van der Waals surface area contributed by atoms with E-state index in [9.17, 15) is 0 Å². The van der Waals surface area contributed by atoms with Crippen molar-refractivity contribution in [1.82, 2.24) is 0 Å². The van der Waals surface area contributed by atoms with E-state index in [-0.39, 0.29) is 0 Å². The molecule has 0 aromatic heterocycles. The van der Waals surface area contributed by atoms with Gasteiger partial charge in [-0.1, -0.05) is 35.4 Å². The van der Waals surface area contributed by atoms with Crippen LogP contribution in [0, 0.1) is 5.92 Å². The summed E-state index contributed by atoms with van der Waals surface area (Å²) in [4.78, 5) is 0. The van der Waals surface area contributed by atoms with Gasteiger partial charge in [-0.05, 0) is 31.3 Å². The molecule has 0 nitrogen and oxygen atoms in total. The molecule has 0 N–H and O–H groups in total. The average molecular weight is 177 g/mol. The summed E-state index contributed by atoms with van der Waals surface area (Å²) < 4.78 is 0.386. The predicted octanol–water partition coefficient (Wildman–Crippen LogP) is 3.66. The predicted molar refractivity (Wildman–Crippen MR) is 46.3 cm³/mol. The minimum atomic E-state index is 0.386. The summed E-state index contributed by atoms with van der Waals surface area (Å²) in [5, 5.41) is 0. The molecule has 0 bridgehead atoms. The maximum absolute atomic E-state index is 5.50. The van der Waals surface area contributed by atoms with Gasteiger partial charge in [0, 0.05) is 0 Å². The van der Waals surface area contributed by atoms with Crippen molar-refractivity contribution in [1.29, 1.82) is 0 Å². The van der Waals surface area contributed by atoms with Crippen LogP contribution in [0.3, 0.4) is 0 Å². The van der Waals surface area contributed by atoms with Crippen molar-refractivity contribution < 1.29 is 0 Å². The fourth-order valence-electron chi connectivity index (χ4n) is 1.14. The molecule has 2 heteroatoms. The zero-order chi connectivity index (χ0) is 7.40. The zero-order valence-corrected chi connectivity index (χ0v) is 7.20. The molecule has 0 heterocycles. The monoisotopic (exact) mass is 176 g/mol. The number of halogens is 2. The minimum Gasteiger partial charge on any atom is -0.0879 e. The maximum atomic E-state index is 5.50. The fourth-order valence-corrected chi connectivity index (χ4v) is 1.46. The highest BCUT2D eigenvalue weighted by atomic mass is 35.5. The van der Waals surface area contributed by atoms with Crippen LogP contribution in [0.1, 0.15) is 19.3 Å². The van der Waals surface area contributed by atoms with Gasteiger partial charge in [0.05, 0.1) is 0 Å². The Morgan fingerprint density at radius 2 is 2.30 bits per heavy atom. The summed E-state index contributed by atoms with van der Waals surface area (Å²) in [6, 6.07) is 0. The Morgan fingerprint density at radius 3 is 2.80 bits per heavy atom. The Hall–Kier alpha value is 0.0600. The lowest BCUT2D eigenvalue weighted by Crippen LogP contribution is -1.96. The molecule has 1 unspecified atom stereocenters. The highest BCUT2D eigenvalue weighted by Crippen LogP contribution is 2.21. The lowest BCUT2D eigenvalue weighted by molar-refractivity contribution is 0.631. The molecule has 1 atom stereocenters. The minimum absolute atomic E-state index is 0.386. The second-order valence-electron chi connectivity index (χ2n) is 2.48. The van der Waals surface area contributed by atoms with E-state index in [4.69, 9.17) is 23.2 Å². The van der Waals surface area contributed by atoms with Gasteiger partial charge < -0.3 is 0 Å². The van der Waals surface area contributed by atoms with Gasteiger partial charge in [0.15, 0.2) is 0 Å². The van der Waals surface area contributed by atoms with Crippen LogP contribution in [-0.4, -0.2) is 0 Å². The number of allylic oxidation sites excluding steroid dienone is 3. The van der Waals surface area contributed by atoms with E-state index in [0.717, 1.165) is 0 Å². The first kappa shape index (κ1) is 8.16. The average Bonchev–Trinajstić information content (AvgIpc) is 1.88. The molecule has 0 spiro atoms. The van der Waals surface area contributed by atoms with E-state index in [1.165, 1.54) is 19.3 Å². The molecule has 0 radical (unpaired) electrons. The van der Waals surface area contributed by atoms with Crippen LogP contribution in [0.2, 0.25) is 0 Å². The van der Waals surface area contributed by atoms with Crippen LogP contribution >= 0.6 is 23.2 Å². The van der Waals surface area contributed by atoms with Gasteiger partial charge >= 0.3 is 0 Å². The summed E-state index contributed by atoms with van der Waals surface area (Å²) in [7, 11) is 0. The summed E-state index contributed by atoms with van der Waals surface area (Å²) >= 11 is 11.0. The molecule has 0 aliphatic heterocycles. The Labute approximate surface area is 71.5 Å². The SMILES string of the molecule is ClC(Cl)=CC1C=CCCC1. The molecule has 0 aromatic rings. The summed E-state index contributed by atoms with van der Waals surface area (Å²) in [6.45, 7) is 0. The first-order valence-electron chi connectivity index (χ1n) is 3.48. The topological polar surface area (TPSA) is 0 Å². The van der Waals surface area contributed by atoms with Crippen molar-refractivity contribution in [3.05, 3.63) is 22.7 Å². The van der Waals surface area contributed by atoms with E-state index < -0.39 is 0 Å². The van der Waals surface area contributed by atoms with Gasteiger partial charge in [-0.25, -0.2) is 0 Å². The van der Waals surface area contributed by atoms with Crippen LogP contribution in [0.4, 0.5) is 0 Å². The number of hydrogen-bond acceptors (Lipinski definition) is 0. The zero-order valence-electron chi connectivity index (χ0n) is 5.69. The highest BCUT2D eigenvalue weighted by Gasteiger charge is 2.04. The van der Waals surface area contributed by atoms with Crippen LogP contribution < -0.4 is 0 Å². The summed E-state index contributed by atoms with van der Waals surface area (Å²) in [5.41, 5.74) is 0. The quantitative estimate of drug-likeness (QED) is 0.536. The van der Waals surface area contributed by atoms with Crippen molar-refractivity contribution in [2.24, 2.45) is 5.92 Å². The van der Waals surface area contributed by atoms with E-state index >= 15 is 0 Å². The first-order chi connectivity index (χ1) is 4.79. The molecule has 56 valence electrons. The fraction of sp³-hybridized carbons (Fsp3) is 0.500. The van der Waals surface area contributed by atoms with Crippen molar-refractivity contribution in [2.45, 2.75) is 19.3 Å². The normalized spacial score (nSPS) is 24.4. The van der Waals surface area contributed by atoms with Crippen molar-refractivity contribution in [2.75, 3.05) is 0 Å². The van der Waals surface area contributed by atoms with E-state index in [2.05, 4.69) is 12.2 Å². The smallest absolute Gasteiger partial charge is 0.0879 e. The van der Waals surface area contributed by atoms with Gasteiger partial charge in [0.2, 0.25) is 0 Å². The third kappa shape index (κ3) is 2.76. The molecule has 10 heavy (non-hydrogen) atoms. The molecule has 0 aromatic carbocycles. The highest BCUT2D eigenvalue weighted by molar-refractivity contribution is 6.55. The van der Waals surface area contributed by atoms with Crippen LogP contribution in [-0.2, 0) is 0 Å². The molecular weight excluding hydrogens is 167 g/mol. The standard InChI is InChI=1S/C8H10Cl2/c9-8(10)6-7-4-2-1-3-5-7/h2,4,6-7H,1,3,5H2. The summed E-state index contributed by atoms with van der Waals surface area (Å²) in [6.07, 6.45) is 9.86. The Balaban J connectivity index is 2.48. The van der Waals surface area contributed by atoms with Gasteiger partial charge in [-0.15, -0.1) is 0 Å². The van der Waals surface area contributed by atoms with Crippen molar-refractivity contribution in [3.63, 3.8) is 0 Å². The third-order valence-corrected chi connectivity index (χ3v) is 1.88.